The molecule has 0 amide bonds. The molecule has 1 heterocycles. The summed E-state index contributed by atoms with van der Waals surface area (Å²) in [6.45, 7) is 4.01. The van der Waals surface area contributed by atoms with Gasteiger partial charge in [-0.05, 0) is 38.0 Å². The second-order valence-corrected chi connectivity index (χ2v) is 5.58. The normalized spacial score (nSPS) is 12.7. The van der Waals surface area contributed by atoms with Crippen LogP contribution in [0.2, 0.25) is 10.0 Å². The Labute approximate surface area is 123 Å². The standard InChI is InChI=1S/C14H17Cl2N3/c1-8-14(9(2)19(3)18-8)13(17)7-10-4-5-11(15)12(16)6-10/h4-6,13H,7,17H2,1-3H3. The SMILES string of the molecule is Cc1nn(C)c(C)c1C(N)Cc1ccc(Cl)c(Cl)c1. The van der Waals surface area contributed by atoms with Crippen LogP contribution in [-0.4, -0.2) is 9.78 Å². The fraction of sp³-hybridized carbons (Fsp3) is 0.357. The van der Waals surface area contributed by atoms with Gasteiger partial charge in [0.1, 0.15) is 0 Å². The molecule has 2 rings (SSSR count). The van der Waals surface area contributed by atoms with Crippen LogP contribution in [0.4, 0.5) is 0 Å². The van der Waals surface area contributed by atoms with Crippen LogP contribution in [0, 0.1) is 13.8 Å². The van der Waals surface area contributed by atoms with Gasteiger partial charge >= 0.3 is 0 Å². The molecule has 1 aromatic carbocycles. The number of hydrogen-bond donors (Lipinski definition) is 1. The molecule has 102 valence electrons. The van der Waals surface area contributed by atoms with Crippen molar-refractivity contribution < 1.29 is 0 Å². The third-order valence-corrected chi connectivity index (χ3v) is 4.11. The van der Waals surface area contributed by atoms with Crippen LogP contribution in [-0.2, 0) is 13.5 Å². The van der Waals surface area contributed by atoms with E-state index in [1.165, 1.54) is 0 Å². The van der Waals surface area contributed by atoms with Gasteiger partial charge in [-0.2, -0.15) is 5.10 Å². The van der Waals surface area contributed by atoms with E-state index in [4.69, 9.17) is 28.9 Å². The second-order valence-electron chi connectivity index (χ2n) is 4.77. The number of hydrogen-bond acceptors (Lipinski definition) is 2. The highest BCUT2D eigenvalue weighted by Gasteiger charge is 2.17. The highest BCUT2D eigenvalue weighted by Crippen LogP contribution is 2.26. The van der Waals surface area contributed by atoms with Crippen molar-refractivity contribution in [2.45, 2.75) is 26.3 Å². The molecular weight excluding hydrogens is 281 g/mol. The molecule has 1 unspecified atom stereocenters. The molecule has 5 heteroatoms. The molecule has 0 aliphatic rings. The van der Waals surface area contributed by atoms with Gasteiger partial charge in [0, 0.05) is 24.3 Å². The zero-order valence-electron chi connectivity index (χ0n) is 11.2. The maximum absolute atomic E-state index is 6.30. The largest absolute Gasteiger partial charge is 0.324 e. The van der Waals surface area contributed by atoms with Crippen molar-refractivity contribution in [1.29, 1.82) is 0 Å². The molecule has 0 spiro atoms. The summed E-state index contributed by atoms with van der Waals surface area (Å²) >= 11 is 11.9. The molecule has 0 radical (unpaired) electrons. The number of benzene rings is 1. The Balaban J connectivity index is 2.25. The average molecular weight is 298 g/mol. The maximum atomic E-state index is 6.30. The molecule has 19 heavy (non-hydrogen) atoms. The van der Waals surface area contributed by atoms with Crippen LogP contribution < -0.4 is 5.73 Å². The third kappa shape index (κ3) is 2.94. The molecule has 1 atom stereocenters. The number of aryl methyl sites for hydroxylation is 2. The van der Waals surface area contributed by atoms with Crippen LogP contribution >= 0.6 is 23.2 Å². The van der Waals surface area contributed by atoms with Crippen LogP contribution in [0.15, 0.2) is 18.2 Å². The van der Waals surface area contributed by atoms with E-state index >= 15 is 0 Å². The molecule has 1 aromatic heterocycles. The maximum Gasteiger partial charge on any atom is 0.0644 e. The molecule has 3 nitrogen and oxygen atoms in total. The first-order chi connectivity index (χ1) is 8.90. The lowest BCUT2D eigenvalue weighted by molar-refractivity contribution is 0.700. The molecule has 0 aliphatic heterocycles. The Morgan fingerprint density at radius 3 is 2.47 bits per heavy atom. The summed E-state index contributed by atoms with van der Waals surface area (Å²) in [5, 5.41) is 5.52. The lowest BCUT2D eigenvalue weighted by atomic mass is 9.98. The third-order valence-electron chi connectivity index (χ3n) is 3.38. The Hall–Kier alpha value is -1.03. The Bertz CT molecular complexity index is 605. The van der Waals surface area contributed by atoms with Crippen molar-refractivity contribution in [2.24, 2.45) is 12.8 Å². The van der Waals surface area contributed by atoms with E-state index in [0.717, 1.165) is 22.5 Å². The highest BCUT2D eigenvalue weighted by atomic mass is 35.5. The first kappa shape index (κ1) is 14.4. The Kier molecular flexibility index (Phi) is 4.19. The van der Waals surface area contributed by atoms with Crippen molar-refractivity contribution in [3.05, 3.63) is 50.8 Å². The molecule has 2 N–H and O–H groups in total. The minimum absolute atomic E-state index is 0.0917. The second kappa shape index (κ2) is 5.53. The number of nitrogens with zero attached hydrogens (tertiary/aromatic N) is 2. The lowest BCUT2D eigenvalue weighted by Gasteiger charge is -2.13. The van der Waals surface area contributed by atoms with Crippen molar-refractivity contribution in [1.82, 2.24) is 9.78 Å². The fourth-order valence-corrected chi connectivity index (χ4v) is 2.67. The number of aromatic nitrogens is 2. The fourth-order valence-electron chi connectivity index (χ4n) is 2.35. The summed E-state index contributed by atoms with van der Waals surface area (Å²) in [7, 11) is 1.93. The highest BCUT2D eigenvalue weighted by molar-refractivity contribution is 6.42. The molecule has 0 saturated heterocycles. The van der Waals surface area contributed by atoms with E-state index in [1.54, 1.807) is 6.07 Å². The van der Waals surface area contributed by atoms with Crippen molar-refractivity contribution in [2.75, 3.05) is 0 Å². The van der Waals surface area contributed by atoms with Crippen LogP contribution in [0.25, 0.3) is 0 Å². The smallest absolute Gasteiger partial charge is 0.0644 e. The summed E-state index contributed by atoms with van der Waals surface area (Å²) in [6.07, 6.45) is 0.713. The zero-order valence-corrected chi connectivity index (χ0v) is 12.8. The van der Waals surface area contributed by atoms with Crippen molar-refractivity contribution in [3.63, 3.8) is 0 Å². The summed E-state index contributed by atoms with van der Waals surface area (Å²) in [5.41, 5.74) is 10.6. The van der Waals surface area contributed by atoms with Crippen molar-refractivity contribution >= 4 is 23.2 Å². The number of nitrogens with two attached hydrogens (primary N) is 1. The molecule has 0 saturated carbocycles. The Morgan fingerprint density at radius 2 is 1.95 bits per heavy atom. The Morgan fingerprint density at radius 1 is 1.26 bits per heavy atom. The van der Waals surface area contributed by atoms with Gasteiger partial charge in [-0.25, -0.2) is 0 Å². The van der Waals surface area contributed by atoms with Gasteiger partial charge in [0.15, 0.2) is 0 Å². The van der Waals surface area contributed by atoms with E-state index in [1.807, 2.05) is 37.7 Å². The summed E-state index contributed by atoms with van der Waals surface area (Å²) < 4.78 is 1.86. The van der Waals surface area contributed by atoms with Crippen LogP contribution in [0.3, 0.4) is 0 Å². The first-order valence-corrected chi connectivity index (χ1v) is 6.85. The van der Waals surface area contributed by atoms with Crippen LogP contribution in [0.5, 0.6) is 0 Å². The summed E-state index contributed by atoms with van der Waals surface area (Å²) in [4.78, 5) is 0. The van der Waals surface area contributed by atoms with E-state index in [2.05, 4.69) is 5.10 Å². The van der Waals surface area contributed by atoms with Gasteiger partial charge in [-0.1, -0.05) is 29.3 Å². The molecule has 0 fully saturated rings. The van der Waals surface area contributed by atoms with Gasteiger partial charge in [-0.3, -0.25) is 4.68 Å². The van der Waals surface area contributed by atoms with Gasteiger partial charge in [0.25, 0.3) is 0 Å². The predicted molar refractivity (Wildman–Crippen MR) is 79.8 cm³/mol. The van der Waals surface area contributed by atoms with Crippen LogP contribution in [0.1, 0.15) is 28.6 Å². The van der Waals surface area contributed by atoms with Gasteiger partial charge in [0.05, 0.1) is 15.7 Å². The molecular formula is C14H17Cl2N3. The number of rotatable bonds is 3. The van der Waals surface area contributed by atoms with Gasteiger partial charge in [-0.15, -0.1) is 0 Å². The first-order valence-electron chi connectivity index (χ1n) is 6.09. The van der Waals surface area contributed by atoms with Gasteiger partial charge in [0.2, 0.25) is 0 Å². The van der Waals surface area contributed by atoms with E-state index in [9.17, 15) is 0 Å². The zero-order chi connectivity index (χ0) is 14.2. The topological polar surface area (TPSA) is 43.8 Å². The number of halogens is 2. The van der Waals surface area contributed by atoms with Gasteiger partial charge < -0.3 is 5.73 Å². The lowest BCUT2D eigenvalue weighted by Crippen LogP contribution is -2.15. The molecule has 2 aromatic rings. The minimum Gasteiger partial charge on any atom is -0.324 e. The van der Waals surface area contributed by atoms with E-state index in [0.29, 0.717) is 16.5 Å². The minimum atomic E-state index is -0.0917. The van der Waals surface area contributed by atoms with Crippen molar-refractivity contribution in [3.8, 4) is 0 Å². The summed E-state index contributed by atoms with van der Waals surface area (Å²) in [5.74, 6) is 0. The monoisotopic (exact) mass is 297 g/mol. The predicted octanol–water partition coefficient (Wildman–Crippen LogP) is 3.59. The molecule has 0 bridgehead atoms. The van der Waals surface area contributed by atoms with E-state index < -0.39 is 0 Å². The van der Waals surface area contributed by atoms with E-state index in [-0.39, 0.29) is 6.04 Å². The summed E-state index contributed by atoms with van der Waals surface area (Å²) in [6, 6.07) is 5.53. The quantitative estimate of drug-likeness (QED) is 0.941. The average Bonchev–Trinajstić information content (AvgIpc) is 2.58. The molecule has 0 aliphatic carbocycles.